The first kappa shape index (κ1) is 13.8. The molecule has 1 heterocycles. The van der Waals surface area contributed by atoms with E-state index >= 15 is 0 Å². The second-order valence-electron chi connectivity index (χ2n) is 5.73. The van der Waals surface area contributed by atoms with Crippen molar-refractivity contribution < 1.29 is 0 Å². The zero-order valence-corrected chi connectivity index (χ0v) is 13.0. The molecule has 1 aromatic carbocycles. The van der Waals surface area contributed by atoms with Gasteiger partial charge in [0.25, 0.3) is 0 Å². The van der Waals surface area contributed by atoms with E-state index < -0.39 is 0 Å². The van der Waals surface area contributed by atoms with E-state index in [1.54, 1.807) is 22.5 Å². The Morgan fingerprint density at radius 2 is 2.15 bits per heavy atom. The Kier molecular flexibility index (Phi) is 4.18. The Labute approximate surface area is 125 Å². The molecule has 2 atom stereocenters. The fourth-order valence-corrected chi connectivity index (χ4v) is 3.93. The Bertz CT molecular complexity index is 576. The van der Waals surface area contributed by atoms with Gasteiger partial charge in [-0.1, -0.05) is 24.3 Å². The van der Waals surface area contributed by atoms with Crippen LogP contribution in [0.2, 0.25) is 0 Å². The second-order valence-corrected chi connectivity index (χ2v) is 6.79. The number of aromatic nitrogens is 1. The molecule has 2 aromatic rings. The van der Waals surface area contributed by atoms with Crippen molar-refractivity contribution in [3.05, 3.63) is 51.5 Å². The molecule has 0 bridgehead atoms. The molecule has 3 heteroatoms. The van der Waals surface area contributed by atoms with Crippen LogP contribution in [0.4, 0.5) is 0 Å². The minimum absolute atomic E-state index is 0.532. The first-order valence-corrected chi connectivity index (χ1v) is 8.29. The van der Waals surface area contributed by atoms with E-state index in [1.807, 2.05) is 0 Å². The highest BCUT2D eigenvalue weighted by molar-refractivity contribution is 7.09. The number of fused-ring (bicyclic) bond motifs is 1. The van der Waals surface area contributed by atoms with Crippen molar-refractivity contribution >= 4 is 11.3 Å². The molecule has 1 N–H and O–H groups in total. The van der Waals surface area contributed by atoms with Crippen LogP contribution in [0.3, 0.4) is 0 Å². The fourth-order valence-electron chi connectivity index (χ4n) is 3.30. The highest BCUT2D eigenvalue weighted by atomic mass is 32.1. The van der Waals surface area contributed by atoms with Crippen LogP contribution >= 0.6 is 11.3 Å². The monoisotopic (exact) mass is 286 g/mol. The summed E-state index contributed by atoms with van der Waals surface area (Å²) < 4.78 is 0. The predicted octanol–water partition coefficient (Wildman–Crippen LogP) is 3.39. The zero-order valence-electron chi connectivity index (χ0n) is 12.2. The van der Waals surface area contributed by atoms with Crippen LogP contribution < -0.4 is 5.32 Å². The highest BCUT2D eigenvalue weighted by Gasteiger charge is 2.25. The van der Waals surface area contributed by atoms with Crippen molar-refractivity contribution in [3.8, 4) is 0 Å². The van der Waals surface area contributed by atoms with Crippen molar-refractivity contribution in [1.29, 1.82) is 0 Å². The SMILES string of the molecule is CNC(Cc1csc(C)n1)C1CCc2ccccc2C1. The first-order valence-electron chi connectivity index (χ1n) is 7.41. The molecule has 1 aliphatic rings. The third-order valence-electron chi connectivity index (χ3n) is 4.42. The maximum atomic E-state index is 4.62. The van der Waals surface area contributed by atoms with Crippen LogP contribution in [0.25, 0.3) is 0 Å². The number of rotatable bonds is 4. The predicted molar refractivity (Wildman–Crippen MR) is 85.4 cm³/mol. The second kappa shape index (κ2) is 6.06. The molecule has 0 saturated heterocycles. The van der Waals surface area contributed by atoms with Gasteiger partial charge in [0.15, 0.2) is 0 Å². The van der Waals surface area contributed by atoms with Crippen molar-refractivity contribution in [1.82, 2.24) is 10.3 Å². The number of aryl methyl sites for hydroxylation is 2. The fraction of sp³-hybridized carbons (Fsp3) is 0.471. The largest absolute Gasteiger partial charge is 0.316 e. The van der Waals surface area contributed by atoms with Gasteiger partial charge in [-0.3, -0.25) is 0 Å². The van der Waals surface area contributed by atoms with Crippen LogP contribution in [0.5, 0.6) is 0 Å². The van der Waals surface area contributed by atoms with Crippen LogP contribution in [-0.2, 0) is 19.3 Å². The van der Waals surface area contributed by atoms with Gasteiger partial charge in [-0.2, -0.15) is 0 Å². The third kappa shape index (κ3) is 2.94. The van der Waals surface area contributed by atoms with Gasteiger partial charge in [0.1, 0.15) is 0 Å². The van der Waals surface area contributed by atoms with Crippen molar-refractivity contribution in [2.75, 3.05) is 7.05 Å². The summed E-state index contributed by atoms with van der Waals surface area (Å²) in [5.41, 5.74) is 4.33. The molecule has 0 saturated carbocycles. The van der Waals surface area contributed by atoms with Gasteiger partial charge in [-0.25, -0.2) is 4.98 Å². The molecule has 1 aromatic heterocycles. The Balaban J connectivity index is 1.71. The van der Waals surface area contributed by atoms with E-state index in [0.717, 1.165) is 12.3 Å². The van der Waals surface area contributed by atoms with Crippen molar-refractivity contribution in [2.24, 2.45) is 5.92 Å². The number of thiazole rings is 1. The summed E-state index contributed by atoms with van der Waals surface area (Å²) in [5, 5.41) is 6.90. The first-order chi connectivity index (χ1) is 9.76. The lowest BCUT2D eigenvalue weighted by Crippen LogP contribution is -2.38. The molecule has 2 unspecified atom stereocenters. The highest BCUT2D eigenvalue weighted by Crippen LogP contribution is 2.28. The van der Waals surface area contributed by atoms with Crippen LogP contribution in [0.15, 0.2) is 29.6 Å². The van der Waals surface area contributed by atoms with E-state index in [9.17, 15) is 0 Å². The summed E-state index contributed by atoms with van der Waals surface area (Å²) in [6.07, 6.45) is 4.75. The standard InChI is InChI=1S/C17H22N2S/c1-12-19-16(11-20-12)10-17(18-2)15-8-7-13-5-3-4-6-14(13)9-15/h3-6,11,15,17-18H,7-10H2,1-2H3. The van der Waals surface area contributed by atoms with E-state index in [1.165, 1.54) is 30.0 Å². The van der Waals surface area contributed by atoms with Crippen LogP contribution in [0.1, 0.15) is 28.2 Å². The number of nitrogens with zero attached hydrogens (tertiary/aromatic N) is 1. The van der Waals surface area contributed by atoms with Gasteiger partial charge >= 0.3 is 0 Å². The lowest BCUT2D eigenvalue weighted by atomic mass is 9.79. The Morgan fingerprint density at radius 3 is 2.85 bits per heavy atom. The normalized spacial score (nSPS) is 19.6. The van der Waals surface area contributed by atoms with Gasteiger partial charge in [0.05, 0.1) is 10.7 Å². The molecule has 2 nitrogen and oxygen atoms in total. The molecule has 1 aliphatic carbocycles. The maximum Gasteiger partial charge on any atom is 0.0897 e. The van der Waals surface area contributed by atoms with Crippen molar-refractivity contribution in [3.63, 3.8) is 0 Å². The number of nitrogens with one attached hydrogen (secondary N) is 1. The molecule has 0 amide bonds. The number of hydrogen-bond acceptors (Lipinski definition) is 3. The Hall–Kier alpha value is -1.19. The van der Waals surface area contributed by atoms with Gasteiger partial charge in [0, 0.05) is 17.8 Å². The molecular weight excluding hydrogens is 264 g/mol. The maximum absolute atomic E-state index is 4.62. The molecule has 20 heavy (non-hydrogen) atoms. The van der Waals surface area contributed by atoms with Crippen molar-refractivity contribution in [2.45, 2.75) is 38.6 Å². The summed E-state index contributed by atoms with van der Waals surface area (Å²) in [6.45, 7) is 2.08. The summed E-state index contributed by atoms with van der Waals surface area (Å²) in [7, 11) is 2.09. The molecule has 0 fully saturated rings. The summed E-state index contributed by atoms with van der Waals surface area (Å²) >= 11 is 1.75. The molecular formula is C17H22N2S. The van der Waals surface area contributed by atoms with Crippen LogP contribution in [0, 0.1) is 12.8 Å². The molecule has 3 rings (SSSR count). The number of benzene rings is 1. The minimum atomic E-state index is 0.532. The number of likely N-dealkylation sites (N-methyl/N-ethyl adjacent to an activating group) is 1. The van der Waals surface area contributed by atoms with Gasteiger partial charge < -0.3 is 5.32 Å². The third-order valence-corrected chi connectivity index (χ3v) is 5.24. The van der Waals surface area contributed by atoms with E-state index in [4.69, 9.17) is 0 Å². The van der Waals surface area contributed by atoms with E-state index in [2.05, 4.69) is 53.9 Å². The van der Waals surface area contributed by atoms with E-state index in [-0.39, 0.29) is 0 Å². The molecule has 0 spiro atoms. The Morgan fingerprint density at radius 1 is 1.35 bits per heavy atom. The summed E-state index contributed by atoms with van der Waals surface area (Å²) in [6, 6.07) is 9.43. The van der Waals surface area contributed by atoms with Gasteiger partial charge in [-0.05, 0) is 50.3 Å². The number of hydrogen-bond donors (Lipinski definition) is 1. The minimum Gasteiger partial charge on any atom is -0.316 e. The van der Waals surface area contributed by atoms with Gasteiger partial charge in [0.2, 0.25) is 0 Å². The zero-order chi connectivity index (χ0) is 13.9. The molecule has 106 valence electrons. The molecule has 0 aliphatic heterocycles. The lowest BCUT2D eigenvalue weighted by molar-refractivity contribution is 0.331. The smallest absolute Gasteiger partial charge is 0.0897 e. The van der Waals surface area contributed by atoms with Crippen LogP contribution in [-0.4, -0.2) is 18.1 Å². The summed E-state index contributed by atoms with van der Waals surface area (Å²) in [4.78, 5) is 4.62. The lowest BCUT2D eigenvalue weighted by Gasteiger charge is -2.31. The average molecular weight is 286 g/mol. The summed E-state index contributed by atoms with van der Waals surface area (Å²) in [5.74, 6) is 0.719. The quantitative estimate of drug-likeness (QED) is 0.932. The average Bonchev–Trinajstić information content (AvgIpc) is 2.89. The van der Waals surface area contributed by atoms with Gasteiger partial charge in [-0.15, -0.1) is 11.3 Å². The topological polar surface area (TPSA) is 24.9 Å². The molecule has 0 radical (unpaired) electrons. The van der Waals surface area contributed by atoms with E-state index in [0.29, 0.717) is 6.04 Å².